The van der Waals surface area contributed by atoms with Gasteiger partial charge in [0.15, 0.2) is 0 Å². The molecule has 4 nitrogen and oxygen atoms in total. The summed E-state index contributed by atoms with van der Waals surface area (Å²) in [5.41, 5.74) is 0.438. The highest BCUT2D eigenvalue weighted by Gasteiger charge is 2.54. The van der Waals surface area contributed by atoms with E-state index < -0.39 is 8.72 Å². The molecule has 0 aromatic heterocycles. The molecule has 0 aromatic carbocycles. The molecule has 5 heteroatoms. The zero-order chi connectivity index (χ0) is 15.2. The molecule has 2 rings (SSSR count). The molecular formula is C15H32N2O2Si. The monoisotopic (exact) mass is 300 g/mol. The number of hydrogen-bond acceptors (Lipinski definition) is 4. The van der Waals surface area contributed by atoms with Gasteiger partial charge in [0.1, 0.15) is 0 Å². The van der Waals surface area contributed by atoms with E-state index >= 15 is 0 Å². The normalized spacial score (nSPS) is 30.8. The average molecular weight is 301 g/mol. The molecule has 0 aliphatic carbocycles. The molecule has 20 heavy (non-hydrogen) atoms. The van der Waals surface area contributed by atoms with Crippen LogP contribution in [0.15, 0.2) is 0 Å². The molecular weight excluding hydrogens is 268 g/mol. The second kappa shape index (κ2) is 5.36. The first-order valence-electron chi connectivity index (χ1n) is 7.79. The third-order valence-electron chi connectivity index (χ3n) is 5.69. The molecule has 0 amide bonds. The molecule has 0 spiro atoms. The molecule has 118 valence electrons. The zero-order valence-corrected chi connectivity index (χ0v) is 15.3. The van der Waals surface area contributed by atoms with Crippen molar-refractivity contribution >= 4 is 8.72 Å². The van der Waals surface area contributed by atoms with Gasteiger partial charge < -0.3 is 8.85 Å². The van der Waals surface area contributed by atoms with Crippen molar-refractivity contribution in [1.82, 2.24) is 9.47 Å². The predicted molar refractivity (Wildman–Crippen MR) is 84.8 cm³/mol. The number of likely N-dealkylation sites (tertiary alicyclic amines) is 1. The summed E-state index contributed by atoms with van der Waals surface area (Å²) in [6.45, 7) is 10.6. The van der Waals surface area contributed by atoms with Gasteiger partial charge in [0.2, 0.25) is 0 Å². The second-order valence-electron chi connectivity index (χ2n) is 7.66. The third kappa shape index (κ3) is 2.59. The Bertz CT molecular complexity index is 338. The van der Waals surface area contributed by atoms with Crippen LogP contribution in [-0.4, -0.2) is 63.1 Å². The quantitative estimate of drug-likeness (QED) is 0.748. The molecule has 0 bridgehead atoms. The van der Waals surface area contributed by atoms with Gasteiger partial charge in [-0.25, -0.2) is 0 Å². The fourth-order valence-electron chi connectivity index (χ4n) is 4.31. The lowest BCUT2D eigenvalue weighted by Gasteiger charge is -2.56. The number of piperidine rings is 1. The summed E-state index contributed by atoms with van der Waals surface area (Å²) in [6, 6.07) is 1.68. The Kier molecular flexibility index (Phi) is 4.40. The summed E-state index contributed by atoms with van der Waals surface area (Å²) >= 11 is 0. The molecule has 2 aliphatic heterocycles. The molecule has 0 radical (unpaired) electrons. The van der Waals surface area contributed by atoms with E-state index in [2.05, 4.69) is 44.2 Å². The third-order valence-corrected chi connectivity index (χ3v) is 9.42. The van der Waals surface area contributed by atoms with Crippen molar-refractivity contribution in [3.63, 3.8) is 0 Å². The first-order chi connectivity index (χ1) is 9.18. The standard InChI is InChI=1S/C15H32N2O2Si/c1-14(2)11-13(12-15(3,4)16(14)5)17-9-8-10-20(17,18-6)19-7/h13H,8-12H2,1-7H3. The van der Waals surface area contributed by atoms with Gasteiger partial charge in [-0.1, -0.05) is 0 Å². The number of nitrogens with zero attached hydrogens (tertiary/aromatic N) is 2. The van der Waals surface area contributed by atoms with Crippen molar-refractivity contribution in [1.29, 1.82) is 0 Å². The topological polar surface area (TPSA) is 24.9 Å². The van der Waals surface area contributed by atoms with Crippen LogP contribution in [0.4, 0.5) is 0 Å². The minimum atomic E-state index is -2.13. The van der Waals surface area contributed by atoms with E-state index in [4.69, 9.17) is 8.85 Å². The maximum Gasteiger partial charge on any atom is 0.427 e. The minimum absolute atomic E-state index is 0.219. The summed E-state index contributed by atoms with van der Waals surface area (Å²) < 4.78 is 14.4. The van der Waals surface area contributed by atoms with Crippen molar-refractivity contribution in [2.45, 2.75) is 70.1 Å². The Labute approximate surface area is 125 Å². The fourth-order valence-corrected chi connectivity index (χ4v) is 7.48. The molecule has 2 saturated heterocycles. The van der Waals surface area contributed by atoms with Crippen LogP contribution in [0.5, 0.6) is 0 Å². The number of rotatable bonds is 3. The van der Waals surface area contributed by atoms with Crippen LogP contribution in [0.25, 0.3) is 0 Å². The summed E-state index contributed by atoms with van der Waals surface area (Å²) in [5.74, 6) is 0. The molecule has 0 saturated carbocycles. The van der Waals surface area contributed by atoms with Crippen molar-refractivity contribution in [2.24, 2.45) is 0 Å². The van der Waals surface area contributed by atoms with Gasteiger partial charge in [-0.2, -0.15) is 0 Å². The lowest BCUT2D eigenvalue weighted by atomic mass is 9.77. The van der Waals surface area contributed by atoms with Crippen molar-refractivity contribution in [3.05, 3.63) is 0 Å². The van der Waals surface area contributed by atoms with Gasteiger partial charge in [-0.05, 0) is 60.5 Å². The van der Waals surface area contributed by atoms with Gasteiger partial charge in [0, 0.05) is 37.4 Å². The van der Waals surface area contributed by atoms with Gasteiger partial charge in [-0.3, -0.25) is 9.47 Å². The maximum absolute atomic E-state index is 5.91. The summed E-state index contributed by atoms with van der Waals surface area (Å²) in [6.07, 6.45) is 3.59. The van der Waals surface area contributed by atoms with Crippen LogP contribution in [0, 0.1) is 0 Å². The largest absolute Gasteiger partial charge is 0.427 e. The highest BCUT2D eigenvalue weighted by atomic mass is 28.4. The van der Waals surface area contributed by atoms with Crippen molar-refractivity contribution in [2.75, 3.05) is 27.8 Å². The molecule has 2 fully saturated rings. The van der Waals surface area contributed by atoms with Crippen molar-refractivity contribution in [3.8, 4) is 0 Å². The van der Waals surface area contributed by atoms with Crippen LogP contribution in [-0.2, 0) is 8.85 Å². The van der Waals surface area contributed by atoms with Crippen LogP contribution in [0.3, 0.4) is 0 Å². The van der Waals surface area contributed by atoms with E-state index in [1.54, 1.807) is 0 Å². The summed E-state index contributed by atoms with van der Waals surface area (Å²) in [4.78, 5) is 2.54. The van der Waals surface area contributed by atoms with Crippen LogP contribution in [0.1, 0.15) is 47.0 Å². The van der Waals surface area contributed by atoms with Gasteiger partial charge >= 0.3 is 8.72 Å². The Morgan fingerprint density at radius 2 is 1.50 bits per heavy atom. The summed E-state index contributed by atoms with van der Waals surface area (Å²) in [5, 5.41) is 0. The van der Waals surface area contributed by atoms with E-state index in [-0.39, 0.29) is 11.1 Å². The summed E-state index contributed by atoms with van der Waals surface area (Å²) in [7, 11) is 3.80. The Morgan fingerprint density at radius 1 is 1.00 bits per heavy atom. The van der Waals surface area contributed by atoms with Crippen LogP contribution in [0.2, 0.25) is 6.04 Å². The second-order valence-corrected chi connectivity index (χ2v) is 11.0. The first-order valence-corrected chi connectivity index (χ1v) is 9.77. The van der Waals surface area contributed by atoms with Crippen molar-refractivity contribution < 1.29 is 8.85 Å². The Morgan fingerprint density at radius 3 is 1.95 bits per heavy atom. The van der Waals surface area contributed by atoms with E-state index in [0.29, 0.717) is 6.04 Å². The van der Waals surface area contributed by atoms with Gasteiger partial charge in [0.05, 0.1) is 0 Å². The van der Waals surface area contributed by atoms with E-state index in [1.807, 2.05) is 14.2 Å². The lowest BCUT2D eigenvalue weighted by molar-refractivity contribution is -0.0392. The molecule has 0 N–H and O–H groups in total. The average Bonchev–Trinajstić information content (AvgIpc) is 2.79. The van der Waals surface area contributed by atoms with Gasteiger partial charge in [0.25, 0.3) is 0 Å². The maximum atomic E-state index is 5.91. The zero-order valence-electron chi connectivity index (χ0n) is 14.3. The van der Waals surface area contributed by atoms with Gasteiger partial charge in [-0.15, -0.1) is 0 Å². The van der Waals surface area contributed by atoms with E-state index in [1.165, 1.54) is 19.3 Å². The predicted octanol–water partition coefficient (Wildman–Crippen LogP) is 2.58. The molecule has 0 aromatic rings. The van der Waals surface area contributed by atoms with Crippen LogP contribution >= 0.6 is 0 Å². The fraction of sp³-hybridized carbons (Fsp3) is 1.00. The Balaban J connectivity index is 2.25. The molecule has 2 heterocycles. The highest BCUT2D eigenvalue weighted by Crippen LogP contribution is 2.42. The highest BCUT2D eigenvalue weighted by molar-refractivity contribution is 6.65. The number of hydrogen-bond donors (Lipinski definition) is 0. The SMILES string of the molecule is CO[Si]1(OC)CCCN1C1CC(C)(C)N(C)C(C)(C)C1. The lowest BCUT2D eigenvalue weighted by Crippen LogP contribution is -2.66. The first kappa shape index (κ1) is 16.4. The smallest absolute Gasteiger partial charge is 0.386 e. The molecule has 0 atom stereocenters. The van der Waals surface area contributed by atoms with Crippen LogP contribution < -0.4 is 0 Å². The minimum Gasteiger partial charge on any atom is -0.386 e. The Hall–Kier alpha value is 0.0569. The molecule has 0 unspecified atom stereocenters. The molecule has 2 aliphatic rings. The van der Waals surface area contributed by atoms with E-state index in [0.717, 1.165) is 12.6 Å². The van der Waals surface area contributed by atoms with E-state index in [9.17, 15) is 0 Å².